The smallest absolute Gasteiger partial charge is 0.261 e. The number of likely N-dealkylation sites (N-methyl/N-ethyl adjacent to an activating group) is 2. The van der Waals surface area contributed by atoms with Gasteiger partial charge in [-0.2, -0.15) is 36.2 Å². The molecule has 9 aliphatic heterocycles. The molecule has 29 N–H and O–H groups in total. The number of methoxy groups -OCH3 is 2. The van der Waals surface area contributed by atoms with Gasteiger partial charge in [0.2, 0.25) is 0 Å². The molecule has 45 heteroatoms. The minimum atomic E-state index is -0.859. The minimum absolute atomic E-state index is 0.0210. The number of β-amino-alcohol motifs (C(OH)–C–C–N with tert-alkyl or cyclic N) is 3. The number of hydrogen-bond acceptors (Lipinski definition) is 39. The molecule has 0 radical (unpaired) electrons. The molecule has 714 valence electrons. The van der Waals surface area contributed by atoms with Gasteiger partial charge in [-0.25, -0.2) is 0 Å². The molecular weight excluding hydrogens is 1740 g/mol. The molecule has 9 unspecified atom stereocenters. The fraction of sp³-hybridized carbons (Fsp3) is 0.429. The van der Waals surface area contributed by atoms with Crippen LogP contribution in [0.2, 0.25) is 0 Å². The fourth-order valence-corrected chi connectivity index (χ4v) is 12.8. The van der Waals surface area contributed by atoms with E-state index < -0.39 is 24.4 Å². The number of benzene rings is 6. The Hall–Kier alpha value is -9.75. The molecule has 9 aliphatic rings. The summed E-state index contributed by atoms with van der Waals surface area (Å²) in [6.07, 6.45) is 2.18. The van der Waals surface area contributed by atoms with Crippen molar-refractivity contribution in [3.8, 4) is 0 Å². The van der Waals surface area contributed by atoms with Crippen molar-refractivity contribution in [3.05, 3.63) is 212 Å². The van der Waals surface area contributed by atoms with E-state index in [2.05, 4.69) is 68.8 Å². The van der Waals surface area contributed by atoms with Gasteiger partial charge >= 0.3 is 0 Å². The van der Waals surface area contributed by atoms with Gasteiger partial charge in [-0.3, -0.25) is 122 Å². The Balaban J connectivity index is 0.000000725. The molecule has 12 amide bonds. The van der Waals surface area contributed by atoms with Crippen LogP contribution in [0.5, 0.6) is 0 Å². The number of hydrogen-bond donors (Lipinski definition) is 20. The zero-order valence-electron chi connectivity index (χ0n) is 73.6. The van der Waals surface area contributed by atoms with Crippen LogP contribution in [-0.4, -0.2) is 369 Å². The maximum absolute atomic E-state index is 11.9. The van der Waals surface area contributed by atoms with Gasteiger partial charge in [0.05, 0.1) is 194 Å². The first kappa shape index (κ1) is 117. The standard InChI is InChI=1S/C12H14N2O3.C12H13NO4.C12H13NO3S.3C11H9NO3.C4H12N2O.C4H11NO2.C4H11NOS.CH5N.CH4O.CH4S.3H4N2/c1-13-6-8(15)7-14-11(16)9-4-2-3-5-10(9)12(14)17;2*1-17-7-8(14)6-13-11(15)9-4-2-3-5-10(9)12(13)16;3*13-10-8-3-1-2-4-9(8)11(14)12(10)5-7-6-15-7;1-6-3-4(7)2-5;2*1-7-3-4(6)2-5;6*1-2/h2-5,8,13,15H,6-7H2,1H3;2*2-5,8,14H,6-7H2,1H3;3*1-4,7H,5-6H2;4,6-7H,2-3,5H2,1H3;2*4,6H,2-3,5H2,1H3;2H2,1H3;2*2H,1H3;3*1-2H2. The zero-order chi connectivity index (χ0) is 97.6. The molecular formula is C84H126N18O24S3. The Morgan fingerprint density at radius 3 is 0.682 bits per heavy atom. The number of hydrazine groups is 3. The highest BCUT2D eigenvalue weighted by atomic mass is 32.2. The summed E-state index contributed by atoms with van der Waals surface area (Å²) in [6.45, 7) is 5.45. The molecule has 15 rings (SSSR count). The van der Waals surface area contributed by atoms with E-state index in [1.807, 2.05) is 12.5 Å². The third kappa shape index (κ3) is 36.5. The molecule has 129 heavy (non-hydrogen) atoms. The first-order chi connectivity index (χ1) is 62.2. The van der Waals surface area contributed by atoms with E-state index in [1.165, 1.54) is 47.7 Å². The molecule has 9 heterocycles. The molecule has 3 fully saturated rings. The van der Waals surface area contributed by atoms with Gasteiger partial charge < -0.3 is 93.0 Å². The quantitative estimate of drug-likeness (QED) is 0.00783. The number of carbonyl (C=O) groups excluding carboxylic acids is 12. The van der Waals surface area contributed by atoms with E-state index in [-0.39, 0.29) is 134 Å². The Morgan fingerprint density at radius 2 is 0.519 bits per heavy atom. The van der Waals surface area contributed by atoms with Crippen LogP contribution in [0.25, 0.3) is 0 Å². The highest BCUT2D eigenvalue weighted by Gasteiger charge is 2.44. The summed E-state index contributed by atoms with van der Waals surface area (Å²) in [6, 6.07) is 40.7. The van der Waals surface area contributed by atoms with Crippen molar-refractivity contribution >= 4 is 107 Å². The van der Waals surface area contributed by atoms with Crippen molar-refractivity contribution in [2.75, 3.05) is 178 Å². The Kier molecular flexibility index (Phi) is 59.0. The lowest BCUT2D eigenvalue weighted by molar-refractivity contribution is 0.0322. The molecule has 42 nitrogen and oxygen atoms in total. The summed E-state index contributed by atoms with van der Waals surface area (Å²) in [5.41, 5.74) is 25.2. The fourth-order valence-electron chi connectivity index (χ4n) is 11.8. The second-order valence-electron chi connectivity index (χ2n) is 27.0. The normalized spacial score (nSPS) is 17.1. The lowest BCUT2D eigenvalue weighted by Gasteiger charge is -2.17. The van der Waals surface area contributed by atoms with Gasteiger partial charge in [-0.05, 0) is 113 Å². The molecule has 6 aromatic rings. The number of rotatable bonds is 27. The van der Waals surface area contributed by atoms with E-state index in [4.69, 9.17) is 56.6 Å². The van der Waals surface area contributed by atoms with E-state index in [1.54, 1.807) is 178 Å². The van der Waals surface area contributed by atoms with E-state index in [0.717, 1.165) is 27.6 Å². The summed E-state index contributed by atoms with van der Waals surface area (Å²) in [5, 5.41) is 67.4. The summed E-state index contributed by atoms with van der Waals surface area (Å²) < 4.78 is 24.4. The SMILES string of the molecule is CN.CNCC(O)CN.CNCC(O)CN1C(=O)c2ccccc2C1=O.CO.COCC(O)CN.COCC(O)CN1C(=O)c2ccccc2C1=O.CS.CSCC(O)CN.CSCC(O)CN1C(=O)c2ccccc2C1=O.NN.NN.NN.O=C1c2ccccc2C(=O)N1CC1CO1.O=C1c2ccccc2C(=O)N1CC1CO1.O=C1c2ccccc2C(=O)N1CC1CO1. The maximum Gasteiger partial charge on any atom is 0.261 e. The van der Waals surface area contributed by atoms with Crippen LogP contribution in [0.15, 0.2) is 146 Å². The van der Waals surface area contributed by atoms with E-state index in [9.17, 15) is 72.9 Å². The van der Waals surface area contributed by atoms with Crippen molar-refractivity contribution in [2.24, 2.45) is 58.0 Å². The summed E-state index contributed by atoms with van der Waals surface area (Å²) in [5.74, 6) is 22.0. The molecule has 0 aromatic heterocycles. The first-order valence-electron chi connectivity index (χ1n) is 39.7. The van der Waals surface area contributed by atoms with Gasteiger partial charge in [0.1, 0.15) is 0 Å². The number of imide groups is 6. The van der Waals surface area contributed by atoms with Crippen LogP contribution in [0, 0.1) is 0 Å². The van der Waals surface area contributed by atoms with E-state index >= 15 is 0 Å². The number of thioether (sulfide) groups is 2. The Bertz CT molecular complexity index is 3820. The highest BCUT2D eigenvalue weighted by molar-refractivity contribution is 7.98. The molecule has 0 saturated carbocycles. The van der Waals surface area contributed by atoms with Crippen LogP contribution in [0.3, 0.4) is 0 Å². The number of aliphatic hydroxyl groups excluding tert-OH is 7. The molecule has 9 atom stereocenters. The second kappa shape index (κ2) is 64.9. The summed E-state index contributed by atoms with van der Waals surface area (Å²) >= 11 is 6.61. The van der Waals surface area contributed by atoms with Crippen molar-refractivity contribution < 1.29 is 117 Å². The minimum Gasteiger partial charge on any atom is -0.400 e. The van der Waals surface area contributed by atoms with Gasteiger partial charge in [0, 0.05) is 65.6 Å². The van der Waals surface area contributed by atoms with Crippen molar-refractivity contribution in [3.63, 3.8) is 0 Å². The first-order valence-corrected chi connectivity index (χ1v) is 43.3. The number of carbonyl (C=O) groups is 12. The topological polar surface area (TPSA) is 706 Å². The van der Waals surface area contributed by atoms with Crippen molar-refractivity contribution in [1.29, 1.82) is 0 Å². The number of amides is 12. The average Bonchev–Trinajstić information content (AvgIpc) is 1.59. The highest BCUT2D eigenvalue weighted by Crippen LogP contribution is 2.30. The average molecular weight is 1870 g/mol. The lowest BCUT2D eigenvalue weighted by atomic mass is 10.1. The van der Waals surface area contributed by atoms with Gasteiger partial charge in [-0.1, -0.05) is 72.8 Å². The van der Waals surface area contributed by atoms with Crippen LogP contribution in [-0.2, 0) is 23.7 Å². The number of aliphatic hydroxyl groups is 7. The number of fused-ring (bicyclic) bond motifs is 6. The maximum atomic E-state index is 11.9. The van der Waals surface area contributed by atoms with Crippen LogP contribution >= 0.6 is 36.2 Å². The Morgan fingerprint density at radius 1 is 0.341 bits per heavy atom. The third-order valence-electron chi connectivity index (χ3n) is 17.9. The number of nitrogens with zero attached hydrogens (tertiary/aromatic N) is 6. The molecule has 0 bridgehead atoms. The van der Waals surface area contributed by atoms with Crippen LogP contribution in [0.1, 0.15) is 124 Å². The number of ether oxygens (including phenoxy) is 5. The predicted octanol–water partition coefficient (Wildman–Crippen LogP) is -3.46. The third-order valence-corrected chi connectivity index (χ3v) is 19.4. The molecule has 0 aliphatic carbocycles. The van der Waals surface area contributed by atoms with Crippen LogP contribution in [0.4, 0.5) is 0 Å². The van der Waals surface area contributed by atoms with Crippen molar-refractivity contribution in [2.45, 2.75) is 54.9 Å². The van der Waals surface area contributed by atoms with Gasteiger partial charge in [0.15, 0.2) is 0 Å². The van der Waals surface area contributed by atoms with Crippen LogP contribution < -0.4 is 68.6 Å². The predicted molar refractivity (Wildman–Crippen MR) is 490 cm³/mol. The lowest BCUT2D eigenvalue weighted by Crippen LogP contribution is -2.40. The molecule has 6 aromatic carbocycles. The van der Waals surface area contributed by atoms with Gasteiger partial charge in [0.25, 0.3) is 70.9 Å². The monoisotopic (exact) mass is 1870 g/mol. The number of epoxide rings is 3. The van der Waals surface area contributed by atoms with Gasteiger partial charge in [-0.15, -0.1) is 0 Å². The summed E-state index contributed by atoms with van der Waals surface area (Å²) in [7, 11) is 8.95. The molecule has 3 saturated heterocycles. The molecule has 0 spiro atoms. The number of nitrogens with one attached hydrogen (secondary N) is 2. The second-order valence-corrected chi connectivity index (χ2v) is 28.9. The summed E-state index contributed by atoms with van der Waals surface area (Å²) in [4.78, 5) is 149. The number of thiol groups is 1. The Labute approximate surface area is 763 Å². The van der Waals surface area contributed by atoms with E-state index in [0.29, 0.717) is 145 Å². The zero-order valence-corrected chi connectivity index (χ0v) is 76.1. The largest absolute Gasteiger partial charge is 0.400 e. The van der Waals surface area contributed by atoms with Crippen molar-refractivity contribution in [1.82, 2.24) is 40.0 Å². The number of nitrogens with two attached hydrogens (primary N) is 10.